The topological polar surface area (TPSA) is 46.2 Å². The van der Waals surface area contributed by atoms with E-state index in [1.54, 1.807) is 31.2 Å². The van der Waals surface area contributed by atoms with Crippen LogP contribution < -0.4 is 5.32 Å². The molecule has 126 valence electrons. The van der Waals surface area contributed by atoms with E-state index in [2.05, 4.69) is 5.32 Å². The minimum absolute atomic E-state index is 0.107. The van der Waals surface area contributed by atoms with E-state index >= 15 is 0 Å². The van der Waals surface area contributed by atoms with E-state index in [-0.39, 0.29) is 23.7 Å². The first-order chi connectivity index (χ1) is 11.4. The molecule has 24 heavy (non-hydrogen) atoms. The van der Waals surface area contributed by atoms with Gasteiger partial charge in [0, 0.05) is 36.1 Å². The SMILES string of the molecule is CCNC(=O)C(C)CC(=O)c1ccc(-c2ccc(F)cc2F)cc1. The molecule has 1 unspecified atom stereocenters. The molecule has 5 heteroatoms. The van der Waals surface area contributed by atoms with Gasteiger partial charge in [0.15, 0.2) is 5.78 Å². The Kier molecular flexibility index (Phi) is 5.79. The molecule has 0 aliphatic rings. The summed E-state index contributed by atoms with van der Waals surface area (Å²) in [5.41, 5.74) is 1.28. The van der Waals surface area contributed by atoms with Gasteiger partial charge in [-0.15, -0.1) is 0 Å². The summed E-state index contributed by atoms with van der Waals surface area (Å²) in [5, 5.41) is 2.68. The second-order valence-corrected chi connectivity index (χ2v) is 5.62. The van der Waals surface area contributed by atoms with E-state index in [4.69, 9.17) is 0 Å². The van der Waals surface area contributed by atoms with E-state index in [0.29, 0.717) is 17.7 Å². The van der Waals surface area contributed by atoms with Crippen molar-refractivity contribution in [1.82, 2.24) is 5.32 Å². The fourth-order valence-corrected chi connectivity index (χ4v) is 2.40. The molecular formula is C19H19F2NO2. The number of rotatable bonds is 6. The molecule has 0 spiro atoms. The van der Waals surface area contributed by atoms with Crippen LogP contribution in [0.25, 0.3) is 11.1 Å². The average Bonchev–Trinajstić information content (AvgIpc) is 2.55. The zero-order valence-electron chi connectivity index (χ0n) is 13.6. The number of nitrogens with one attached hydrogen (secondary N) is 1. The highest BCUT2D eigenvalue weighted by atomic mass is 19.1. The van der Waals surface area contributed by atoms with Crippen molar-refractivity contribution in [3.63, 3.8) is 0 Å². The van der Waals surface area contributed by atoms with Crippen LogP contribution >= 0.6 is 0 Å². The Morgan fingerprint density at radius 3 is 2.33 bits per heavy atom. The summed E-state index contributed by atoms with van der Waals surface area (Å²) in [7, 11) is 0. The van der Waals surface area contributed by atoms with Crippen LogP contribution in [0.5, 0.6) is 0 Å². The Labute approximate surface area is 139 Å². The molecule has 2 aromatic rings. The summed E-state index contributed by atoms with van der Waals surface area (Å²) in [6.07, 6.45) is 0.107. The first-order valence-corrected chi connectivity index (χ1v) is 7.78. The number of hydrogen-bond donors (Lipinski definition) is 1. The van der Waals surface area contributed by atoms with Crippen LogP contribution in [0.15, 0.2) is 42.5 Å². The summed E-state index contributed by atoms with van der Waals surface area (Å²) < 4.78 is 26.7. The molecule has 0 aliphatic carbocycles. The Morgan fingerprint density at radius 1 is 1.08 bits per heavy atom. The van der Waals surface area contributed by atoms with Gasteiger partial charge in [-0.1, -0.05) is 31.2 Å². The summed E-state index contributed by atoms with van der Waals surface area (Å²) in [4.78, 5) is 23.9. The third-order valence-corrected chi connectivity index (χ3v) is 3.74. The van der Waals surface area contributed by atoms with E-state index in [1.807, 2.05) is 6.92 Å². The minimum Gasteiger partial charge on any atom is -0.356 e. The highest BCUT2D eigenvalue weighted by Gasteiger charge is 2.17. The number of carbonyl (C=O) groups excluding carboxylic acids is 2. The number of benzene rings is 2. The van der Waals surface area contributed by atoms with E-state index < -0.39 is 17.6 Å². The summed E-state index contributed by atoms with van der Waals surface area (Å²) in [5.74, 6) is -2.01. The van der Waals surface area contributed by atoms with Gasteiger partial charge in [-0.3, -0.25) is 9.59 Å². The number of hydrogen-bond acceptors (Lipinski definition) is 2. The molecule has 1 N–H and O–H groups in total. The average molecular weight is 331 g/mol. The van der Waals surface area contributed by atoms with Gasteiger partial charge in [-0.2, -0.15) is 0 Å². The van der Waals surface area contributed by atoms with Gasteiger partial charge in [0.05, 0.1) is 0 Å². The molecule has 2 aromatic carbocycles. The van der Waals surface area contributed by atoms with Crippen molar-refractivity contribution < 1.29 is 18.4 Å². The molecule has 0 aliphatic heterocycles. The van der Waals surface area contributed by atoms with Crippen molar-refractivity contribution in [1.29, 1.82) is 0 Å². The standard InChI is InChI=1S/C19H19F2NO2/c1-3-22-19(24)12(2)10-18(23)14-6-4-13(5-7-14)16-9-8-15(20)11-17(16)21/h4-9,11-12H,3,10H2,1-2H3,(H,22,24). The van der Waals surface area contributed by atoms with Crippen LogP contribution in [0.2, 0.25) is 0 Å². The van der Waals surface area contributed by atoms with Crippen molar-refractivity contribution in [3.8, 4) is 11.1 Å². The van der Waals surface area contributed by atoms with Crippen molar-refractivity contribution in [3.05, 3.63) is 59.7 Å². The lowest BCUT2D eigenvalue weighted by Gasteiger charge is -2.10. The van der Waals surface area contributed by atoms with Gasteiger partial charge in [0.25, 0.3) is 0 Å². The lowest BCUT2D eigenvalue weighted by Crippen LogP contribution is -2.30. The van der Waals surface area contributed by atoms with Crippen molar-refractivity contribution in [2.45, 2.75) is 20.3 Å². The summed E-state index contributed by atoms with van der Waals surface area (Å²) >= 11 is 0. The summed E-state index contributed by atoms with van der Waals surface area (Å²) in [6, 6.07) is 9.77. The molecule has 0 fully saturated rings. The van der Waals surface area contributed by atoms with Crippen LogP contribution in [-0.4, -0.2) is 18.2 Å². The van der Waals surface area contributed by atoms with Crippen molar-refractivity contribution in [2.24, 2.45) is 5.92 Å². The molecule has 0 saturated carbocycles. The molecule has 0 aromatic heterocycles. The highest BCUT2D eigenvalue weighted by Crippen LogP contribution is 2.24. The maximum atomic E-state index is 13.8. The molecular weight excluding hydrogens is 312 g/mol. The largest absolute Gasteiger partial charge is 0.356 e. The van der Waals surface area contributed by atoms with Crippen molar-refractivity contribution in [2.75, 3.05) is 6.54 Å². The lowest BCUT2D eigenvalue weighted by atomic mass is 9.97. The minimum atomic E-state index is -0.654. The number of amides is 1. The van der Waals surface area contributed by atoms with Gasteiger partial charge < -0.3 is 5.32 Å². The van der Waals surface area contributed by atoms with E-state index in [9.17, 15) is 18.4 Å². The molecule has 0 heterocycles. The second-order valence-electron chi connectivity index (χ2n) is 5.62. The molecule has 0 saturated heterocycles. The number of ketones is 1. The third-order valence-electron chi connectivity index (χ3n) is 3.74. The quantitative estimate of drug-likeness (QED) is 0.814. The molecule has 3 nitrogen and oxygen atoms in total. The molecule has 2 rings (SSSR count). The van der Waals surface area contributed by atoms with Gasteiger partial charge in [0.2, 0.25) is 5.91 Å². The first-order valence-electron chi connectivity index (χ1n) is 7.78. The predicted molar refractivity (Wildman–Crippen MR) is 88.6 cm³/mol. The third kappa shape index (κ3) is 4.25. The van der Waals surface area contributed by atoms with Crippen LogP contribution in [-0.2, 0) is 4.79 Å². The smallest absolute Gasteiger partial charge is 0.223 e. The Balaban J connectivity index is 2.11. The number of halogens is 2. The Hall–Kier alpha value is -2.56. The van der Waals surface area contributed by atoms with E-state index in [0.717, 1.165) is 6.07 Å². The van der Waals surface area contributed by atoms with Crippen LogP contribution in [0.3, 0.4) is 0 Å². The summed E-state index contributed by atoms with van der Waals surface area (Å²) in [6.45, 7) is 4.04. The number of Topliss-reactive ketones (excluding diaryl/α,β-unsaturated/α-hetero) is 1. The second kappa shape index (κ2) is 7.81. The first kappa shape index (κ1) is 17.8. The van der Waals surface area contributed by atoms with Gasteiger partial charge in [0.1, 0.15) is 11.6 Å². The Morgan fingerprint density at radius 2 is 1.75 bits per heavy atom. The van der Waals surface area contributed by atoms with Crippen molar-refractivity contribution >= 4 is 11.7 Å². The van der Waals surface area contributed by atoms with E-state index in [1.165, 1.54) is 12.1 Å². The zero-order chi connectivity index (χ0) is 17.7. The fourth-order valence-electron chi connectivity index (χ4n) is 2.40. The lowest BCUT2D eigenvalue weighted by molar-refractivity contribution is -0.124. The molecule has 0 radical (unpaired) electrons. The van der Waals surface area contributed by atoms with Crippen LogP contribution in [0, 0.1) is 17.6 Å². The highest BCUT2D eigenvalue weighted by molar-refractivity contribution is 5.98. The van der Waals surface area contributed by atoms with Crippen LogP contribution in [0.1, 0.15) is 30.6 Å². The van der Waals surface area contributed by atoms with Gasteiger partial charge in [-0.05, 0) is 24.6 Å². The Bertz CT molecular complexity index is 742. The molecule has 1 amide bonds. The van der Waals surface area contributed by atoms with Gasteiger partial charge >= 0.3 is 0 Å². The van der Waals surface area contributed by atoms with Gasteiger partial charge in [-0.25, -0.2) is 8.78 Å². The normalized spacial score (nSPS) is 11.8. The number of carbonyl (C=O) groups is 2. The monoisotopic (exact) mass is 331 g/mol. The maximum Gasteiger partial charge on any atom is 0.223 e. The zero-order valence-corrected chi connectivity index (χ0v) is 13.6. The fraction of sp³-hybridized carbons (Fsp3) is 0.263. The predicted octanol–water partition coefficient (Wildman–Crippen LogP) is 3.98. The molecule has 0 bridgehead atoms. The maximum absolute atomic E-state index is 13.8. The van der Waals surface area contributed by atoms with Crippen LogP contribution in [0.4, 0.5) is 8.78 Å². The molecule has 1 atom stereocenters.